The normalized spacial score (nSPS) is 18.5. The number of fused-ring (bicyclic) bond motifs is 1. The summed E-state index contributed by atoms with van der Waals surface area (Å²) in [6, 6.07) is 0.190. The highest BCUT2D eigenvalue weighted by Gasteiger charge is 2.30. The maximum absolute atomic E-state index is 12.4. The molecule has 0 spiro atoms. The van der Waals surface area contributed by atoms with Crippen molar-refractivity contribution in [3.8, 4) is 0 Å². The van der Waals surface area contributed by atoms with Crippen molar-refractivity contribution in [1.29, 1.82) is 0 Å². The first-order valence-corrected chi connectivity index (χ1v) is 8.92. The van der Waals surface area contributed by atoms with Crippen LogP contribution in [0.5, 0.6) is 0 Å². The number of anilines is 1. The highest BCUT2D eigenvalue weighted by molar-refractivity contribution is 6.20. The first-order valence-electron chi connectivity index (χ1n) is 8.92. The SMILES string of the molecule is C=CC(=O)N(C)[C@@H]1CCN(c2cnc3c(n2)C(C(=O)NC(C)C)=CC3)C1. The first-order chi connectivity index (χ1) is 12.4. The highest BCUT2D eigenvalue weighted by Crippen LogP contribution is 2.28. The van der Waals surface area contributed by atoms with Crippen LogP contribution in [-0.2, 0) is 16.0 Å². The van der Waals surface area contributed by atoms with Crippen molar-refractivity contribution in [2.75, 3.05) is 25.0 Å². The number of carbonyl (C=O) groups is 2. The largest absolute Gasteiger partial charge is 0.353 e. The van der Waals surface area contributed by atoms with Crippen molar-refractivity contribution in [3.63, 3.8) is 0 Å². The van der Waals surface area contributed by atoms with E-state index in [4.69, 9.17) is 4.98 Å². The standard InChI is InChI=1S/C19H25N5O2/c1-5-17(25)23(4)13-8-9-24(11-13)16-10-20-15-7-6-14(18(15)22-16)19(26)21-12(2)3/h5-6,10,12-13H,1,7-9,11H2,2-4H3,(H,21,26)/t13-/m1/s1. The minimum absolute atomic E-state index is 0.0702. The van der Waals surface area contributed by atoms with E-state index in [0.29, 0.717) is 24.2 Å². The molecule has 0 saturated carbocycles. The van der Waals surface area contributed by atoms with Crippen LogP contribution in [0.1, 0.15) is 31.7 Å². The molecule has 1 aliphatic carbocycles. The molecule has 1 atom stereocenters. The van der Waals surface area contributed by atoms with Crippen LogP contribution in [0.4, 0.5) is 5.82 Å². The Kier molecular flexibility index (Phi) is 5.06. The fourth-order valence-electron chi connectivity index (χ4n) is 3.35. The summed E-state index contributed by atoms with van der Waals surface area (Å²) in [6.45, 7) is 8.90. The van der Waals surface area contributed by atoms with E-state index in [-0.39, 0.29) is 23.9 Å². The van der Waals surface area contributed by atoms with E-state index in [9.17, 15) is 9.59 Å². The van der Waals surface area contributed by atoms with Crippen LogP contribution in [0.3, 0.4) is 0 Å². The first kappa shape index (κ1) is 18.1. The molecular formula is C19H25N5O2. The maximum Gasteiger partial charge on any atom is 0.253 e. The summed E-state index contributed by atoms with van der Waals surface area (Å²) in [6.07, 6.45) is 6.47. The average Bonchev–Trinajstić information content (AvgIpc) is 3.26. The molecule has 1 aromatic rings. The minimum Gasteiger partial charge on any atom is -0.353 e. The molecule has 2 amide bonds. The molecule has 0 radical (unpaired) electrons. The summed E-state index contributed by atoms with van der Waals surface area (Å²) in [5, 5.41) is 2.91. The summed E-state index contributed by atoms with van der Waals surface area (Å²) < 4.78 is 0. The molecule has 2 aliphatic rings. The zero-order valence-electron chi connectivity index (χ0n) is 15.5. The summed E-state index contributed by atoms with van der Waals surface area (Å²) in [5.41, 5.74) is 2.09. The van der Waals surface area contributed by atoms with E-state index < -0.39 is 0 Å². The van der Waals surface area contributed by atoms with E-state index in [1.54, 1.807) is 18.1 Å². The van der Waals surface area contributed by atoms with Crippen LogP contribution >= 0.6 is 0 Å². The molecule has 1 aliphatic heterocycles. The van der Waals surface area contributed by atoms with Gasteiger partial charge in [0.05, 0.1) is 29.2 Å². The number of aromatic nitrogens is 2. The van der Waals surface area contributed by atoms with Crippen molar-refractivity contribution in [3.05, 3.63) is 36.3 Å². The van der Waals surface area contributed by atoms with Crippen molar-refractivity contribution < 1.29 is 9.59 Å². The summed E-state index contributed by atoms with van der Waals surface area (Å²) in [7, 11) is 1.80. The molecule has 138 valence electrons. The number of amides is 2. The van der Waals surface area contributed by atoms with E-state index in [2.05, 4.69) is 21.8 Å². The van der Waals surface area contributed by atoms with Crippen molar-refractivity contribution >= 4 is 23.2 Å². The Morgan fingerprint density at radius 2 is 2.23 bits per heavy atom. The van der Waals surface area contributed by atoms with Crippen molar-refractivity contribution in [2.24, 2.45) is 0 Å². The average molecular weight is 355 g/mol. The second-order valence-electron chi connectivity index (χ2n) is 7.02. The van der Waals surface area contributed by atoms with Gasteiger partial charge in [-0.05, 0) is 26.3 Å². The van der Waals surface area contributed by atoms with E-state index in [1.165, 1.54) is 6.08 Å². The van der Waals surface area contributed by atoms with Gasteiger partial charge in [-0.2, -0.15) is 0 Å². The van der Waals surface area contributed by atoms with Gasteiger partial charge in [-0.3, -0.25) is 14.6 Å². The Morgan fingerprint density at radius 3 is 2.92 bits per heavy atom. The molecule has 7 heteroatoms. The third-order valence-electron chi connectivity index (χ3n) is 4.81. The monoisotopic (exact) mass is 355 g/mol. The Bertz CT molecular complexity index is 771. The Balaban J connectivity index is 1.76. The quantitative estimate of drug-likeness (QED) is 0.802. The van der Waals surface area contributed by atoms with Gasteiger partial charge in [-0.1, -0.05) is 12.7 Å². The minimum atomic E-state index is -0.110. The van der Waals surface area contributed by atoms with Crippen LogP contribution < -0.4 is 10.2 Å². The van der Waals surface area contributed by atoms with Gasteiger partial charge in [-0.15, -0.1) is 0 Å². The second kappa shape index (κ2) is 7.27. The molecule has 0 bridgehead atoms. The van der Waals surface area contributed by atoms with Gasteiger partial charge in [-0.25, -0.2) is 4.98 Å². The molecule has 26 heavy (non-hydrogen) atoms. The lowest BCUT2D eigenvalue weighted by Gasteiger charge is -2.24. The summed E-state index contributed by atoms with van der Waals surface area (Å²) in [5.74, 6) is 0.559. The number of hydrogen-bond acceptors (Lipinski definition) is 5. The van der Waals surface area contributed by atoms with Crippen LogP contribution in [0, 0.1) is 0 Å². The summed E-state index contributed by atoms with van der Waals surface area (Å²) in [4.78, 5) is 37.2. The topological polar surface area (TPSA) is 78.4 Å². The molecule has 7 nitrogen and oxygen atoms in total. The molecule has 0 aromatic carbocycles. The lowest BCUT2D eigenvalue weighted by molar-refractivity contribution is -0.126. The van der Waals surface area contributed by atoms with Gasteiger partial charge in [0.15, 0.2) is 0 Å². The fraction of sp³-hybridized carbons (Fsp3) is 0.474. The Morgan fingerprint density at radius 1 is 1.46 bits per heavy atom. The highest BCUT2D eigenvalue weighted by atomic mass is 16.2. The maximum atomic E-state index is 12.4. The summed E-state index contributed by atoms with van der Waals surface area (Å²) >= 11 is 0. The molecule has 1 fully saturated rings. The molecule has 2 heterocycles. The van der Waals surface area contributed by atoms with Crippen molar-refractivity contribution in [2.45, 2.75) is 38.8 Å². The second-order valence-corrected chi connectivity index (χ2v) is 7.02. The molecule has 3 rings (SSSR count). The smallest absolute Gasteiger partial charge is 0.253 e. The molecule has 1 N–H and O–H groups in total. The van der Waals surface area contributed by atoms with Crippen LogP contribution in [0.15, 0.2) is 24.9 Å². The van der Waals surface area contributed by atoms with E-state index in [1.807, 2.05) is 19.9 Å². The van der Waals surface area contributed by atoms with Gasteiger partial charge in [0.25, 0.3) is 5.91 Å². The third-order valence-corrected chi connectivity index (χ3v) is 4.81. The molecule has 1 saturated heterocycles. The van der Waals surface area contributed by atoms with Crippen LogP contribution in [0.2, 0.25) is 0 Å². The number of rotatable bonds is 5. The van der Waals surface area contributed by atoms with E-state index >= 15 is 0 Å². The lowest BCUT2D eigenvalue weighted by Crippen LogP contribution is -2.38. The Labute approximate surface area is 153 Å². The van der Waals surface area contributed by atoms with E-state index in [0.717, 1.165) is 24.5 Å². The molecule has 1 aromatic heterocycles. The molecule has 0 unspecified atom stereocenters. The number of likely N-dealkylation sites (N-methyl/N-ethyl adjacent to an activating group) is 1. The van der Waals surface area contributed by atoms with Gasteiger partial charge >= 0.3 is 0 Å². The van der Waals surface area contributed by atoms with Gasteiger partial charge in [0.1, 0.15) is 5.82 Å². The third kappa shape index (κ3) is 3.47. The number of hydrogen-bond donors (Lipinski definition) is 1. The van der Waals surface area contributed by atoms with Crippen molar-refractivity contribution in [1.82, 2.24) is 20.2 Å². The van der Waals surface area contributed by atoms with Crippen LogP contribution in [0.25, 0.3) is 5.57 Å². The van der Waals surface area contributed by atoms with Crippen LogP contribution in [-0.4, -0.2) is 58.9 Å². The lowest BCUT2D eigenvalue weighted by atomic mass is 10.2. The van der Waals surface area contributed by atoms with Gasteiger partial charge in [0, 0.05) is 32.6 Å². The zero-order valence-corrected chi connectivity index (χ0v) is 15.5. The number of nitrogens with one attached hydrogen (secondary N) is 1. The zero-order chi connectivity index (χ0) is 18.8. The number of nitrogens with zero attached hydrogens (tertiary/aromatic N) is 4. The predicted molar refractivity (Wildman–Crippen MR) is 101 cm³/mol. The van der Waals surface area contributed by atoms with Gasteiger partial charge in [0.2, 0.25) is 5.91 Å². The predicted octanol–water partition coefficient (Wildman–Crippen LogP) is 1.16. The van der Waals surface area contributed by atoms with Gasteiger partial charge < -0.3 is 15.1 Å². The fourth-order valence-corrected chi connectivity index (χ4v) is 3.35. The Hall–Kier alpha value is -2.70. The number of carbonyl (C=O) groups excluding carboxylic acids is 2. The number of allylic oxidation sites excluding steroid dienone is 1. The molecular weight excluding hydrogens is 330 g/mol.